The Kier molecular flexibility index (Phi) is 3.31. The van der Waals surface area contributed by atoms with Gasteiger partial charge in [-0.25, -0.2) is 0 Å². The normalized spacial score (nSPS) is 56.4. The minimum atomic E-state index is -0.269. The van der Waals surface area contributed by atoms with Crippen LogP contribution in [0.2, 0.25) is 0 Å². The van der Waals surface area contributed by atoms with Gasteiger partial charge in [-0.05, 0) is 48.3 Å². The van der Waals surface area contributed by atoms with Crippen LogP contribution in [0.3, 0.4) is 0 Å². The third kappa shape index (κ3) is 1.60. The van der Waals surface area contributed by atoms with Crippen molar-refractivity contribution in [1.82, 2.24) is 0 Å². The van der Waals surface area contributed by atoms with Crippen molar-refractivity contribution in [2.45, 2.75) is 72.8 Å². The smallest absolute Gasteiger partial charge is 0.302 e. The molecule has 0 aromatic heterocycles. The van der Waals surface area contributed by atoms with Gasteiger partial charge in [0.15, 0.2) is 0 Å². The molecule has 138 valence electrons. The van der Waals surface area contributed by atoms with E-state index in [4.69, 9.17) is 4.74 Å². The third-order valence-corrected chi connectivity index (χ3v) is 9.46. The molecule has 0 unspecified atom stereocenters. The Morgan fingerprint density at radius 2 is 1.96 bits per heavy atom. The number of fused-ring (bicyclic) bond motifs is 1. The number of carbonyl (C=O) groups excluding carboxylic acids is 2. The quantitative estimate of drug-likeness (QED) is 0.545. The van der Waals surface area contributed by atoms with Crippen LogP contribution in [0.5, 0.6) is 0 Å². The highest BCUT2D eigenvalue weighted by atomic mass is 16.5. The molecular formula is C22H32O3. The summed E-state index contributed by atoms with van der Waals surface area (Å²) in [4.78, 5) is 25.2. The first kappa shape index (κ1) is 17.3. The van der Waals surface area contributed by atoms with Crippen LogP contribution in [0, 0.1) is 39.4 Å². The van der Waals surface area contributed by atoms with Crippen molar-refractivity contribution in [3.8, 4) is 0 Å². The summed E-state index contributed by atoms with van der Waals surface area (Å²) in [5.74, 6) is 1.44. The van der Waals surface area contributed by atoms with Crippen molar-refractivity contribution in [3.05, 3.63) is 12.7 Å². The second-order valence-electron chi connectivity index (χ2n) is 9.90. The van der Waals surface area contributed by atoms with Crippen molar-refractivity contribution in [2.24, 2.45) is 39.4 Å². The lowest BCUT2D eigenvalue weighted by atomic mass is 9.53. The molecule has 0 saturated heterocycles. The van der Waals surface area contributed by atoms with E-state index in [9.17, 15) is 9.59 Å². The highest BCUT2D eigenvalue weighted by Gasteiger charge is 2.90. The van der Waals surface area contributed by atoms with E-state index in [1.807, 2.05) is 6.08 Å². The summed E-state index contributed by atoms with van der Waals surface area (Å²) in [6.07, 6.45) is 6.68. The van der Waals surface area contributed by atoms with Crippen LogP contribution >= 0.6 is 0 Å². The fourth-order valence-electron chi connectivity index (χ4n) is 8.16. The van der Waals surface area contributed by atoms with Gasteiger partial charge in [-0.1, -0.05) is 33.8 Å². The van der Waals surface area contributed by atoms with E-state index in [0.29, 0.717) is 24.0 Å². The molecular weight excluding hydrogens is 312 g/mol. The zero-order valence-electron chi connectivity index (χ0n) is 16.4. The Balaban J connectivity index is 1.92. The Morgan fingerprint density at radius 3 is 2.56 bits per heavy atom. The second kappa shape index (κ2) is 4.78. The molecule has 4 aliphatic carbocycles. The van der Waals surface area contributed by atoms with Gasteiger partial charge in [-0.2, -0.15) is 0 Å². The molecule has 3 heteroatoms. The molecule has 0 N–H and O–H groups in total. The maximum Gasteiger partial charge on any atom is 0.302 e. The molecule has 4 fully saturated rings. The Hall–Kier alpha value is -1.12. The number of ketones is 1. The summed E-state index contributed by atoms with van der Waals surface area (Å²) < 4.78 is 5.92. The highest BCUT2D eigenvalue weighted by Crippen LogP contribution is 2.90. The van der Waals surface area contributed by atoms with Crippen molar-refractivity contribution >= 4 is 11.8 Å². The predicted octanol–water partition coefficient (Wildman–Crippen LogP) is 4.55. The summed E-state index contributed by atoms with van der Waals surface area (Å²) in [6.45, 7) is 14.8. The number of hydrogen-bond donors (Lipinski definition) is 0. The topological polar surface area (TPSA) is 43.4 Å². The van der Waals surface area contributed by atoms with Crippen LogP contribution in [0.4, 0.5) is 0 Å². The maximum absolute atomic E-state index is 13.3. The van der Waals surface area contributed by atoms with Crippen LogP contribution in [-0.2, 0) is 14.3 Å². The Bertz CT molecular complexity index is 668. The fraction of sp³-hybridized carbons (Fsp3) is 0.818. The molecule has 1 spiro atoms. The molecule has 4 saturated carbocycles. The summed E-state index contributed by atoms with van der Waals surface area (Å²) in [6, 6.07) is 0. The van der Waals surface area contributed by atoms with Gasteiger partial charge >= 0.3 is 5.97 Å². The number of hydrogen-bond acceptors (Lipinski definition) is 3. The van der Waals surface area contributed by atoms with Gasteiger partial charge in [0.25, 0.3) is 0 Å². The summed E-state index contributed by atoms with van der Waals surface area (Å²) in [5.41, 5.74) is -0.346. The lowest BCUT2D eigenvalue weighted by molar-refractivity contribution is -0.164. The molecule has 8 atom stereocenters. The molecule has 4 aliphatic rings. The van der Waals surface area contributed by atoms with Crippen LogP contribution in [0.25, 0.3) is 0 Å². The van der Waals surface area contributed by atoms with Gasteiger partial charge < -0.3 is 4.74 Å². The van der Waals surface area contributed by atoms with Crippen LogP contribution in [0.1, 0.15) is 66.7 Å². The largest absolute Gasteiger partial charge is 0.461 e. The van der Waals surface area contributed by atoms with E-state index < -0.39 is 0 Å². The third-order valence-electron chi connectivity index (χ3n) is 9.46. The van der Waals surface area contributed by atoms with Gasteiger partial charge in [-0.3, -0.25) is 9.59 Å². The van der Waals surface area contributed by atoms with Crippen molar-refractivity contribution < 1.29 is 14.3 Å². The number of esters is 1. The van der Waals surface area contributed by atoms with E-state index in [1.54, 1.807) is 0 Å². The van der Waals surface area contributed by atoms with E-state index in [-0.39, 0.29) is 39.7 Å². The van der Waals surface area contributed by atoms with Gasteiger partial charge in [0.2, 0.25) is 0 Å². The van der Waals surface area contributed by atoms with Gasteiger partial charge in [0.1, 0.15) is 11.9 Å². The van der Waals surface area contributed by atoms with Crippen molar-refractivity contribution in [3.63, 3.8) is 0 Å². The van der Waals surface area contributed by atoms with E-state index in [0.717, 1.165) is 19.3 Å². The second-order valence-corrected chi connectivity index (χ2v) is 9.90. The molecule has 25 heavy (non-hydrogen) atoms. The van der Waals surface area contributed by atoms with Crippen molar-refractivity contribution in [1.29, 1.82) is 0 Å². The van der Waals surface area contributed by atoms with Gasteiger partial charge in [-0.15, -0.1) is 6.58 Å². The first-order valence-electron chi connectivity index (χ1n) is 9.96. The standard InChI is InChI=1S/C22H32O3/c1-7-19(5)12-16-20(6)13(2)8-10-21(11-9-17(24)22(16,20)21)14(3)18(19)25-15(4)23/h7,13-14,16,18H,1,8-12H2,2-6H3/t13-,14+,16-,18+,19-,20+,21+,22+/m1/s1. The highest BCUT2D eigenvalue weighted by molar-refractivity contribution is 5.94. The minimum Gasteiger partial charge on any atom is -0.461 e. The van der Waals surface area contributed by atoms with Crippen molar-refractivity contribution in [2.75, 3.05) is 0 Å². The zero-order chi connectivity index (χ0) is 18.4. The lowest BCUT2D eigenvalue weighted by Gasteiger charge is -2.51. The minimum absolute atomic E-state index is 0.00308. The SMILES string of the molecule is C=C[C@]1(C)C[C@@H]2[C@]3(C)[C@H](C)CC[C@]4(CCC(=O)[C@]243)[C@@H](C)[C@@H]1OC(C)=O. The van der Waals surface area contributed by atoms with Crippen LogP contribution in [0.15, 0.2) is 12.7 Å². The van der Waals surface area contributed by atoms with Crippen LogP contribution in [-0.4, -0.2) is 17.9 Å². The van der Waals surface area contributed by atoms with Gasteiger partial charge in [0.05, 0.1) is 0 Å². The maximum atomic E-state index is 13.3. The lowest BCUT2D eigenvalue weighted by Crippen LogP contribution is -2.51. The number of ether oxygens (including phenoxy) is 1. The average molecular weight is 344 g/mol. The fourth-order valence-corrected chi connectivity index (χ4v) is 8.16. The number of rotatable bonds is 2. The molecule has 3 nitrogen and oxygen atoms in total. The first-order chi connectivity index (χ1) is 11.6. The summed E-state index contributed by atoms with van der Waals surface area (Å²) in [7, 11) is 0. The Morgan fingerprint density at radius 1 is 1.28 bits per heavy atom. The molecule has 0 aliphatic heterocycles. The average Bonchev–Trinajstić information content (AvgIpc) is 2.99. The molecule has 0 bridgehead atoms. The number of carbonyl (C=O) groups is 2. The summed E-state index contributed by atoms with van der Waals surface area (Å²) in [5, 5.41) is 0. The first-order valence-corrected chi connectivity index (χ1v) is 9.96. The monoisotopic (exact) mass is 344 g/mol. The molecule has 0 heterocycles. The zero-order valence-corrected chi connectivity index (χ0v) is 16.4. The van der Waals surface area contributed by atoms with E-state index in [2.05, 4.69) is 34.3 Å². The van der Waals surface area contributed by atoms with E-state index >= 15 is 0 Å². The molecule has 0 amide bonds. The number of Topliss-reactive ketones (excluding diaryl/α,β-unsaturated/α-hetero) is 1. The van der Waals surface area contributed by atoms with Gasteiger partial charge in [0, 0.05) is 30.1 Å². The molecule has 4 rings (SSSR count). The molecule has 0 aromatic rings. The Labute approximate surface area is 151 Å². The molecule has 0 radical (unpaired) electrons. The predicted molar refractivity (Wildman–Crippen MR) is 96.7 cm³/mol. The molecule has 0 aromatic carbocycles. The van der Waals surface area contributed by atoms with Crippen LogP contribution < -0.4 is 0 Å². The summed E-state index contributed by atoms with van der Waals surface area (Å²) >= 11 is 0. The van der Waals surface area contributed by atoms with E-state index in [1.165, 1.54) is 13.3 Å².